The van der Waals surface area contributed by atoms with Crippen LogP contribution in [0, 0.1) is 5.92 Å². The summed E-state index contributed by atoms with van der Waals surface area (Å²) < 4.78 is 10.1. The molecule has 1 N–H and O–H groups in total. The Bertz CT molecular complexity index is 1020. The SMILES string of the molecule is COC(=O)c1ccc(CNC(=O)C2CC3CCCCC3N2C(=O)c2ccccc2OC)cc1. The van der Waals surface area contributed by atoms with Gasteiger partial charge in [-0.3, -0.25) is 9.59 Å². The first-order chi connectivity index (χ1) is 16.0. The van der Waals surface area contributed by atoms with Crippen molar-refractivity contribution in [3.63, 3.8) is 0 Å². The molecule has 174 valence electrons. The van der Waals surface area contributed by atoms with Crippen LogP contribution in [-0.2, 0) is 16.1 Å². The normalized spacial score (nSPS) is 21.8. The van der Waals surface area contributed by atoms with Gasteiger partial charge in [0.05, 0.1) is 25.3 Å². The highest BCUT2D eigenvalue weighted by Crippen LogP contribution is 2.41. The molecule has 2 amide bonds. The Morgan fingerprint density at radius 3 is 2.45 bits per heavy atom. The smallest absolute Gasteiger partial charge is 0.337 e. The second-order valence-electron chi connectivity index (χ2n) is 8.68. The number of carbonyl (C=O) groups excluding carboxylic acids is 3. The van der Waals surface area contributed by atoms with Gasteiger partial charge in [-0.25, -0.2) is 4.79 Å². The van der Waals surface area contributed by atoms with Crippen LogP contribution in [0.3, 0.4) is 0 Å². The lowest BCUT2D eigenvalue weighted by Gasteiger charge is -2.34. The number of para-hydroxylation sites is 1. The van der Waals surface area contributed by atoms with E-state index < -0.39 is 12.0 Å². The molecule has 1 saturated carbocycles. The molecule has 33 heavy (non-hydrogen) atoms. The van der Waals surface area contributed by atoms with E-state index in [0.717, 1.165) is 31.2 Å². The van der Waals surface area contributed by atoms with Crippen molar-refractivity contribution >= 4 is 17.8 Å². The molecule has 1 heterocycles. The van der Waals surface area contributed by atoms with Crippen LogP contribution in [0.2, 0.25) is 0 Å². The molecule has 1 aliphatic heterocycles. The van der Waals surface area contributed by atoms with Gasteiger partial charge in [-0.2, -0.15) is 0 Å². The fraction of sp³-hybridized carbons (Fsp3) is 0.423. The average molecular weight is 451 g/mol. The largest absolute Gasteiger partial charge is 0.496 e. The van der Waals surface area contributed by atoms with Gasteiger partial charge in [0.15, 0.2) is 0 Å². The zero-order chi connectivity index (χ0) is 23.4. The maximum absolute atomic E-state index is 13.6. The molecule has 1 aliphatic carbocycles. The summed E-state index contributed by atoms with van der Waals surface area (Å²) >= 11 is 0. The van der Waals surface area contributed by atoms with Gasteiger partial charge in [0.25, 0.3) is 5.91 Å². The Kier molecular flexibility index (Phi) is 6.96. The molecule has 7 heteroatoms. The number of nitrogens with one attached hydrogen (secondary N) is 1. The zero-order valence-corrected chi connectivity index (χ0v) is 19.1. The third-order valence-electron chi connectivity index (χ3n) is 6.80. The van der Waals surface area contributed by atoms with E-state index in [4.69, 9.17) is 9.47 Å². The predicted molar refractivity (Wildman–Crippen MR) is 123 cm³/mol. The molecule has 0 aromatic heterocycles. The quantitative estimate of drug-likeness (QED) is 0.680. The minimum atomic E-state index is -0.509. The van der Waals surface area contributed by atoms with E-state index in [9.17, 15) is 14.4 Å². The number of nitrogens with zero attached hydrogens (tertiary/aromatic N) is 1. The molecule has 3 atom stereocenters. The topological polar surface area (TPSA) is 84.9 Å². The summed E-state index contributed by atoms with van der Waals surface area (Å²) in [5.74, 6) is 0.165. The standard InChI is InChI=1S/C26H30N2O5/c1-32-23-10-6-4-8-20(23)25(30)28-21-9-5-3-7-19(21)15-22(28)24(29)27-16-17-11-13-18(14-12-17)26(31)33-2/h4,6,8,10-14,19,21-22H,3,5,7,9,15-16H2,1-2H3,(H,27,29). The Labute approximate surface area is 194 Å². The van der Waals surface area contributed by atoms with Crippen molar-refractivity contribution in [3.8, 4) is 5.75 Å². The van der Waals surface area contributed by atoms with Gasteiger partial charge < -0.3 is 19.7 Å². The molecule has 2 fully saturated rings. The van der Waals surface area contributed by atoms with E-state index in [0.29, 0.717) is 35.8 Å². The fourth-order valence-electron chi connectivity index (χ4n) is 5.13. The van der Waals surface area contributed by atoms with Gasteiger partial charge >= 0.3 is 5.97 Å². The third-order valence-corrected chi connectivity index (χ3v) is 6.80. The van der Waals surface area contributed by atoms with Crippen LogP contribution in [0.4, 0.5) is 0 Å². The lowest BCUT2D eigenvalue weighted by Crippen LogP contribution is -2.49. The number of benzene rings is 2. The maximum Gasteiger partial charge on any atom is 0.337 e. The highest BCUT2D eigenvalue weighted by Gasteiger charge is 2.47. The summed E-state index contributed by atoms with van der Waals surface area (Å²) in [6, 6.07) is 13.7. The molecule has 4 rings (SSSR count). The molecule has 0 radical (unpaired) electrons. The molecule has 0 spiro atoms. The van der Waals surface area contributed by atoms with E-state index in [-0.39, 0.29) is 17.9 Å². The zero-order valence-electron chi connectivity index (χ0n) is 19.1. The summed E-state index contributed by atoms with van der Waals surface area (Å²) in [7, 11) is 2.89. The van der Waals surface area contributed by atoms with Gasteiger partial charge in [-0.05, 0) is 55.0 Å². The summed E-state index contributed by atoms with van der Waals surface area (Å²) in [4.78, 5) is 40.3. The van der Waals surface area contributed by atoms with E-state index >= 15 is 0 Å². The molecule has 2 aliphatic rings. The van der Waals surface area contributed by atoms with Crippen LogP contribution in [0.25, 0.3) is 0 Å². The Morgan fingerprint density at radius 2 is 1.73 bits per heavy atom. The lowest BCUT2D eigenvalue weighted by molar-refractivity contribution is -0.125. The number of hydrogen-bond acceptors (Lipinski definition) is 5. The summed E-state index contributed by atoms with van der Waals surface area (Å²) in [6.07, 6.45) is 4.85. The molecular formula is C26H30N2O5. The Hall–Kier alpha value is -3.35. The van der Waals surface area contributed by atoms with Crippen LogP contribution in [-0.4, -0.2) is 49.0 Å². The molecule has 0 bridgehead atoms. The summed E-state index contributed by atoms with van der Waals surface area (Å²) in [5, 5.41) is 3.00. The summed E-state index contributed by atoms with van der Waals surface area (Å²) in [6.45, 7) is 0.322. The van der Waals surface area contributed by atoms with Crippen LogP contribution >= 0.6 is 0 Å². The number of amides is 2. The third kappa shape index (κ3) is 4.72. The molecule has 7 nitrogen and oxygen atoms in total. The second kappa shape index (κ2) is 10.1. The van der Waals surface area contributed by atoms with Crippen LogP contribution in [0.5, 0.6) is 5.75 Å². The van der Waals surface area contributed by atoms with Gasteiger partial charge in [-0.1, -0.05) is 37.1 Å². The molecule has 2 aromatic rings. The van der Waals surface area contributed by atoms with Crippen molar-refractivity contribution in [3.05, 3.63) is 65.2 Å². The van der Waals surface area contributed by atoms with E-state index in [2.05, 4.69) is 5.32 Å². The van der Waals surface area contributed by atoms with Crippen molar-refractivity contribution in [2.75, 3.05) is 14.2 Å². The van der Waals surface area contributed by atoms with Crippen molar-refractivity contribution in [1.29, 1.82) is 0 Å². The average Bonchev–Trinajstić information content (AvgIpc) is 3.26. The van der Waals surface area contributed by atoms with Crippen molar-refractivity contribution in [2.24, 2.45) is 5.92 Å². The van der Waals surface area contributed by atoms with Crippen molar-refractivity contribution < 1.29 is 23.9 Å². The maximum atomic E-state index is 13.6. The number of methoxy groups -OCH3 is 2. The highest BCUT2D eigenvalue weighted by atomic mass is 16.5. The molecular weight excluding hydrogens is 420 g/mol. The molecule has 2 aromatic carbocycles. The van der Waals surface area contributed by atoms with Crippen LogP contribution in [0.1, 0.15) is 58.4 Å². The number of fused-ring (bicyclic) bond motifs is 1. The fourth-order valence-corrected chi connectivity index (χ4v) is 5.13. The van der Waals surface area contributed by atoms with E-state index in [1.165, 1.54) is 7.11 Å². The first kappa shape index (κ1) is 22.8. The highest BCUT2D eigenvalue weighted by molar-refractivity contribution is 6.00. The number of rotatable bonds is 6. The van der Waals surface area contributed by atoms with Gasteiger partial charge in [0.2, 0.25) is 5.91 Å². The van der Waals surface area contributed by atoms with E-state index in [1.54, 1.807) is 48.4 Å². The van der Waals surface area contributed by atoms with Gasteiger partial charge in [0.1, 0.15) is 11.8 Å². The minimum absolute atomic E-state index is 0.0752. The summed E-state index contributed by atoms with van der Waals surface area (Å²) in [5.41, 5.74) is 1.82. The van der Waals surface area contributed by atoms with Crippen molar-refractivity contribution in [1.82, 2.24) is 10.2 Å². The number of ether oxygens (including phenoxy) is 2. The van der Waals surface area contributed by atoms with Gasteiger partial charge in [0, 0.05) is 12.6 Å². The van der Waals surface area contributed by atoms with Gasteiger partial charge in [-0.15, -0.1) is 0 Å². The van der Waals surface area contributed by atoms with Crippen LogP contribution < -0.4 is 10.1 Å². The second-order valence-corrected chi connectivity index (χ2v) is 8.68. The Balaban J connectivity index is 1.51. The molecule has 3 unspecified atom stereocenters. The number of carbonyl (C=O) groups is 3. The monoisotopic (exact) mass is 450 g/mol. The number of esters is 1. The number of likely N-dealkylation sites (tertiary alicyclic amines) is 1. The number of hydrogen-bond donors (Lipinski definition) is 1. The van der Waals surface area contributed by atoms with E-state index in [1.807, 2.05) is 12.1 Å². The predicted octanol–water partition coefficient (Wildman–Crippen LogP) is 3.57. The Morgan fingerprint density at radius 1 is 1.00 bits per heavy atom. The van der Waals surface area contributed by atoms with Crippen molar-refractivity contribution in [2.45, 2.75) is 50.7 Å². The first-order valence-corrected chi connectivity index (χ1v) is 11.4. The lowest BCUT2D eigenvalue weighted by atomic mass is 9.84. The van der Waals surface area contributed by atoms with Crippen LogP contribution in [0.15, 0.2) is 48.5 Å². The minimum Gasteiger partial charge on any atom is -0.496 e. The first-order valence-electron chi connectivity index (χ1n) is 11.4. The molecule has 1 saturated heterocycles.